The van der Waals surface area contributed by atoms with E-state index in [2.05, 4.69) is 31.0 Å². The monoisotopic (exact) mass is 276 g/mol. The minimum Gasteiger partial charge on any atom is -0.352 e. The van der Waals surface area contributed by atoms with E-state index in [1.807, 2.05) is 6.92 Å². The van der Waals surface area contributed by atoms with Gasteiger partial charge in [0.2, 0.25) is 0 Å². The molecule has 0 aliphatic heterocycles. The van der Waals surface area contributed by atoms with E-state index in [9.17, 15) is 9.18 Å². The summed E-state index contributed by atoms with van der Waals surface area (Å²) < 4.78 is 13.9. The molecule has 1 atom stereocenters. The van der Waals surface area contributed by atoms with Crippen molar-refractivity contribution in [3.8, 4) is 11.8 Å². The van der Waals surface area contributed by atoms with Crippen molar-refractivity contribution in [3.63, 3.8) is 0 Å². The number of nitrogens with two attached hydrogens (primary N) is 1. The van der Waals surface area contributed by atoms with Gasteiger partial charge in [-0.25, -0.2) is 4.39 Å². The van der Waals surface area contributed by atoms with E-state index >= 15 is 0 Å². The Morgan fingerprint density at radius 2 is 2.10 bits per heavy atom. The Morgan fingerprint density at radius 1 is 1.40 bits per heavy atom. The molecule has 1 rings (SSSR count). The Labute approximate surface area is 119 Å². The van der Waals surface area contributed by atoms with Crippen molar-refractivity contribution in [2.75, 3.05) is 13.1 Å². The largest absolute Gasteiger partial charge is 0.352 e. The molecule has 20 heavy (non-hydrogen) atoms. The topological polar surface area (TPSA) is 55.1 Å². The number of carbonyl (C=O) groups excluding carboxylic acids is 1. The lowest BCUT2D eigenvalue weighted by Crippen LogP contribution is -2.30. The van der Waals surface area contributed by atoms with Gasteiger partial charge in [-0.3, -0.25) is 4.79 Å². The number of halogens is 1. The van der Waals surface area contributed by atoms with Crippen LogP contribution in [0.4, 0.5) is 4.39 Å². The molecular weight excluding hydrogens is 255 g/mol. The van der Waals surface area contributed by atoms with Crippen molar-refractivity contribution < 1.29 is 9.18 Å². The highest BCUT2D eigenvalue weighted by atomic mass is 19.1. The highest BCUT2D eigenvalue weighted by Gasteiger charge is 2.14. The summed E-state index contributed by atoms with van der Waals surface area (Å²) in [5.41, 5.74) is 5.81. The first-order valence-corrected chi connectivity index (χ1v) is 6.72. The number of nitrogens with one attached hydrogen (secondary N) is 1. The van der Waals surface area contributed by atoms with Crippen molar-refractivity contribution >= 4 is 5.91 Å². The zero-order valence-corrected chi connectivity index (χ0v) is 12.2. The molecule has 108 valence electrons. The molecule has 4 heteroatoms. The third kappa shape index (κ3) is 4.67. The molecule has 3 nitrogen and oxygen atoms in total. The van der Waals surface area contributed by atoms with Gasteiger partial charge in [-0.05, 0) is 30.0 Å². The van der Waals surface area contributed by atoms with Gasteiger partial charge in [-0.15, -0.1) is 0 Å². The van der Waals surface area contributed by atoms with Crippen LogP contribution in [0.2, 0.25) is 0 Å². The summed E-state index contributed by atoms with van der Waals surface area (Å²) >= 11 is 0. The molecule has 1 aromatic carbocycles. The summed E-state index contributed by atoms with van der Waals surface area (Å²) in [6.45, 7) is 6.97. The van der Waals surface area contributed by atoms with Crippen LogP contribution in [0.5, 0.6) is 0 Å². The maximum Gasteiger partial charge on any atom is 0.254 e. The van der Waals surface area contributed by atoms with E-state index in [-0.39, 0.29) is 12.1 Å². The van der Waals surface area contributed by atoms with Gasteiger partial charge in [0.05, 0.1) is 12.1 Å². The number of rotatable bonds is 4. The van der Waals surface area contributed by atoms with Gasteiger partial charge in [-0.1, -0.05) is 32.6 Å². The summed E-state index contributed by atoms with van der Waals surface area (Å²) in [7, 11) is 0. The van der Waals surface area contributed by atoms with Gasteiger partial charge in [0, 0.05) is 12.1 Å². The number of amides is 1. The molecule has 0 spiro atoms. The smallest absolute Gasteiger partial charge is 0.254 e. The third-order valence-corrected chi connectivity index (χ3v) is 3.27. The maximum atomic E-state index is 13.9. The first kappa shape index (κ1) is 16.2. The molecular formula is C16H21FN2O. The zero-order chi connectivity index (χ0) is 15.1. The minimum atomic E-state index is -0.566. The molecule has 0 bridgehead atoms. The molecule has 3 N–H and O–H groups in total. The molecule has 0 aliphatic rings. The maximum absolute atomic E-state index is 13.9. The van der Waals surface area contributed by atoms with Gasteiger partial charge in [0.25, 0.3) is 5.91 Å². The van der Waals surface area contributed by atoms with E-state index in [1.54, 1.807) is 6.07 Å². The Kier molecular flexibility index (Phi) is 6.20. The minimum absolute atomic E-state index is 0.0410. The molecule has 0 heterocycles. The molecule has 0 aliphatic carbocycles. The summed E-state index contributed by atoms with van der Waals surface area (Å²) in [5, 5.41) is 2.75. The summed E-state index contributed by atoms with van der Waals surface area (Å²) in [6.07, 6.45) is 0. The van der Waals surface area contributed by atoms with Crippen molar-refractivity contribution in [2.24, 2.45) is 17.6 Å². The summed E-state index contributed by atoms with van der Waals surface area (Å²) in [5.74, 6) is 5.22. The van der Waals surface area contributed by atoms with Crippen molar-refractivity contribution in [3.05, 3.63) is 35.1 Å². The van der Waals surface area contributed by atoms with Gasteiger partial charge in [-0.2, -0.15) is 0 Å². The highest BCUT2D eigenvalue weighted by molar-refractivity contribution is 5.94. The first-order chi connectivity index (χ1) is 9.45. The fourth-order valence-electron chi connectivity index (χ4n) is 1.51. The Balaban J connectivity index is 2.74. The number of benzene rings is 1. The van der Waals surface area contributed by atoms with Crippen LogP contribution in [-0.2, 0) is 0 Å². The van der Waals surface area contributed by atoms with Gasteiger partial charge >= 0.3 is 0 Å². The van der Waals surface area contributed by atoms with Crippen LogP contribution in [-0.4, -0.2) is 19.0 Å². The Morgan fingerprint density at radius 3 is 2.65 bits per heavy atom. The molecule has 1 unspecified atom stereocenters. The predicted molar refractivity (Wildman–Crippen MR) is 78.7 cm³/mol. The molecule has 0 aromatic heterocycles. The van der Waals surface area contributed by atoms with Gasteiger partial charge in [0.15, 0.2) is 0 Å². The normalized spacial score (nSPS) is 11.7. The van der Waals surface area contributed by atoms with Crippen LogP contribution in [0.1, 0.15) is 36.7 Å². The second-order valence-corrected chi connectivity index (χ2v) is 5.13. The molecule has 0 radical (unpaired) electrons. The second kappa shape index (κ2) is 7.66. The van der Waals surface area contributed by atoms with Gasteiger partial charge in [0.1, 0.15) is 5.82 Å². The van der Waals surface area contributed by atoms with Crippen LogP contribution < -0.4 is 11.1 Å². The van der Waals surface area contributed by atoms with Crippen LogP contribution in [0, 0.1) is 29.5 Å². The molecule has 0 saturated heterocycles. The number of hydrogen-bond acceptors (Lipinski definition) is 2. The predicted octanol–water partition coefficient (Wildman–Crippen LogP) is 2.16. The van der Waals surface area contributed by atoms with Crippen LogP contribution in [0.3, 0.4) is 0 Å². The standard InChI is InChI=1S/C16H21FN2O/c1-11(2)12(3)10-19-16(20)14-7-6-13(5-4-8-18)9-15(14)17/h6-7,9,11-12H,8,10,18H2,1-3H3,(H,19,20). The second-order valence-electron chi connectivity index (χ2n) is 5.13. The van der Waals surface area contributed by atoms with Crippen molar-refractivity contribution in [1.29, 1.82) is 0 Å². The van der Waals surface area contributed by atoms with Crippen molar-refractivity contribution in [1.82, 2.24) is 5.32 Å². The van der Waals surface area contributed by atoms with Crippen LogP contribution in [0.15, 0.2) is 18.2 Å². The zero-order valence-electron chi connectivity index (χ0n) is 12.2. The lowest BCUT2D eigenvalue weighted by atomic mass is 9.98. The van der Waals surface area contributed by atoms with Crippen LogP contribution >= 0.6 is 0 Å². The average Bonchev–Trinajstić information content (AvgIpc) is 2.42. The first-order valence-electron chi connectivity index (χ1n) is 6.72. The summed E-state index contributed by atoms with van der Waals surface area (Å²) in [4.78, 5) is 11.9. The molecule has 1 amide bonds. The van der Waals surface area contributed by atoms with Crippen LogP contribution in [0.25, 0.3) is 0 Å². The van der Waals surface area contributed by atoms with Gasteiger partial charge < -0.3 is 11.1 Å². The van der Waals surface area contributed by atoms with E-state index in [0.717, 1.165) is 0 Å². The fourth-order valence-corrected chi connectivity index (χ4v) is 1.51. The van der Waals surface area contributed by atoms with E-state index in [4.69, 9.17) is 5.73 Å². The van der Waals surface area contributed by atoms with E-state index in [0.29, 0.717) is 23.9 Å². The Hall–Kier alpha value is -1.86. The fraction of sp³-hybridized carbons (Fsp3) is 0.438. The quantitative estimate of drug-likeness (QED) is 0.828. The third-order valence-electron chi connectivity index (χ3n) is 3.27. The van der Waals surface area contributed by atoms with E-state index < -0.39 is 11.7 Å². The highest BCUT2D eigenvalue weighted by Crippen LogP contribution is 2.11. The van der Waals surface area contributed by atoms with Crippen molar-refractivity contribution in [2.45, 2.75) is 20.8 Å². The molecule has 0 fully saturated rings. The lowest BCUT2D eigenvalue weighted by Gasteiger charge is -2.16. The lowest BCUT2D eigenvalue weighted by molar-refractivity contribution is 0.0941. The average molecular weight is 276 g/mol. The molecule has 0 saturated carbocycles. The Bertz CT molecular complexity index is 529. The molecule has 1 aromatic rings. The van der Waals surface area contributed by atoms with E-state index in [1.165, 1.54) is 12.1 Å². The summed E-state index contributed by atoms with van der Waals surface area (Å²) in [6, 6.07) is 4.32. The SMILES string of the molecule is CC(C)C(C)CNC(=O)c1ccc(C#CCN)cc1F. The number of carbonyl (C=O) groups is 1. The number of hydrogen-bond donors (Lipinski definition) is 2.